The van der Waals surface area contributed by atoms with Gasteiger partial charge in [0.15, 0.2) is 0 Å². The van der Waals surface area contributed by atoms with Crippen LogP contribution in [0.2, 0.25) is 0 Å². The number of aliphatic carboxylic acids is 1. The zero-order chi connectivity index (χ0) is 11.5. The Bertz CT molecular complexity index is 406. The molecule has 1 atom stereocenters. The van der Waals surface area contributed by atoms with Crippen molar-refractivity contribution in [2.45, 2.75) is 30.7 Å². The molecule has 0 bridgehead atoms. The average Bonchev–Trinajstić information content (AvgIpc) is 2.27. The first-order valence-electron chi connectivity index (χ1n) is 5.37. The van der Waals surface area contributed by atoms with Gasteiger partial charge in [0.2, 0.25) is 0 Å². The number of carboxylic acid groups (broad SMARTS) is 1. The zero-order valence-corrected chi connectivity index (χ0v) is 10.0. The predicted molar refractivity (Wildman–Crippen MR) is 66.2 cm³/mol. The van der Waals surface area contributed by atoms with Crippen molar-refractivity contribution in [2.75, 3.05) is 11.1 Å². The van der Waals surface area contributed by atoms with Crippen molar-refractivity contribution >= 4 is 23.4 Å². The van der Waals surface area contributed by atoms with E-state index in [1.54, 1.807) is 0 Å². The fourth-order valence-electron chi connectivity index (χ4n) is 1.84. The minimum Gasteiger partial charge on any atom is -0.481 e. The van der Waals surface area contributed by atoms with Crippen LogP contribution in [-0.4, -0.2) is 22.9 Å². The van der Waals surface area contributed by atoms with Gasteiger partial charge in [0.25, 0.3) is 0 Å². The van der Waals surface area contributed by atoms with Gasteiger partial charge in [-0.15, -0.1) is 11.8 Å². The Morgan fingerprint density at radius 2 is 2.44 bits per heavy atom. The lowest BCUT2D eigenvalue weighted by molar-refractivity contribution is -0.137. The van der Waals surface area contributed by atoms with E-state index in [9.17, 15) is 4.79 Å². The summed E-state index contributed by atoms with van der Waals surface area (Å²) >= 11 is 1.81. The second-order valence-electron chi connectivity index (χ2n) is 4.03. The van der Waals surface area contributed by atoms with Crippen LogP contribution in [0.25, 0.3) is 0 Å². The van der Waals surface area contributed by atoms with E-state index in [0.717, 1.165) is 5.75 Å². The summed E-state index contributed by atoms with van der Waals surface area (Å²) < 4.78 is 0. The normalized spacial score (nSPS) is 18.7. The molecule has 0 spiro atoms. The minimum absolute atomic E-state index is 0.236. The number of carbonyl (C=O) groups is 1. The molecule has 2 N–H and O–H groups in total. The van der Waals surface area contributed by atoms with Gasteiger partial charge >= 0.3 is 5.97 Å². The molecule has 0 fully saturated rings. The molecule has 1 heterocycles. The van der Waals surface area contributed by atoms with E-state index in [1.807, 2.05) is 11.8 Å². The lowest BCUT2D eigenvalue weighted by Crippen LogP contribution is -2.27. The molecule has 0 saturated heterocycles. The first-order chi connectivity index (χ1) is 7.66. The van der Waals surface area contributed by atoms with Gasteiger partial charge in [-0.25, -0.2) is 0 Å². The lowest BCUT2D eigenvalue weighted by atomic mass is 10.1. The maximum absolute atomic E-state index is 10.5. The van der Waals surface area contributed by atoms with Gasteiger partial charge in [0, 0.05) is 23.1 Å². The molecule has 0 amide bonds. The van der Waals surface area contributed by atoms with E-state index < -0.39 is 5.97 Å². The number of fused-ring (bicyclic) bond motifs is 1. The molecule has 2 rings (SSSR count). The third kappa shape index (κ3) is 2.50. The van der Waals surface area contributed by atoms with Crippen molar-refractivity contribution < 1.29 is 9.90 Å². The van der Waals surface area contributed by atoms with Gasteiger partial charge in [-0.1, -0.05) is 12.1 Å². The highest BCUT2D eigenvalue weighted by atomic mass is 32.2. The molecule has 1 aromatic rings. The van der Waals surface area contributed by atoms with E-state index in [-0.39, 0.29) is 12.5 Å². The summed E-state index contributed by atoms with van der Waals surface area (Å²) in [5.74, 6) is 0.228. The highest BCUT2D eigenvalue weighted by Crippen LogP contribution is 2.36. The Labute approximate surface area is 99.2 Å². The van der Waals surface area contributed by atoms with Crippen molar-refractivity contribution in [3.63, 3.8) is 0 Å². The van der Waals surface area contributed by atoms with E-state index in [4.69, 9.17) is 5.11 Å². The second kappa shape index (κ2) is 4.78. The summed E-state index contributed by atoms with van der Waals surface area (Å²) in [6.45, 7) is 2.08. The number of para-hydroxylation sites is 1. The van der Waals surface area contributed by atoms with Gasteiger partial charge in [-0.2, -0.15) is 0 Å². The zero-order valence-electron chi connectivity index (χ0n) is 9.19. The number of aryl methyl sites for hydroxylation is 1. The summed E-state index contributed by atoms with van der Waals surface area (Å²) in [6.07, 6.45) is 0.926. The van der Waals surface area contributed by atoms with Crippen molar-refractivity contribution in [2.24, 2.45) is 0 Å². The molecule has 0 aliphatic carbocycles. The lowest BCUT2D eigenvalue weighted by Gasteiger charge is -2.27. The molecule has 1 unspecified atom stereocenters. The molecule has 1 aliphatic rings. The van der Waals surface area contributed by atoms with E-state index in [0.29, 0.717) is 6.42 Å². The van der Waals surface area contributed by atoms with Crippen molar-refractivity contribution in [3.05, 3.63) is 23.8 Å². The Hall–Kier alpha value is -1.16. The molecule has 16 heavy (non-hydrogen) atoms. The number of hydrogen-bond acceptors (Lipinski definition) is 3. The predicted octanol–water partition coefficient (Wildman–Crippen LogP) is 2.75. The van der Waals surface area contributed by atoms with E-state index in [2.05, 4.69) is 30.4 Å². The number of nitrogens with one attached hydrogen (secondary N) is 1. The minimum atomic E-state index is -0.720. The van der Waals surface area contributed by atoms with Gasteiger partial charge in [0.1, 0.15) is 0 Å². The van der Waals surface area contributed by atoms with Crippen LogP contribution in [0.1, 0.15) is 18.4 Å². The first-order valence-corrected chi connectivity index (χ1v) is 6.36. The number of carboxylic acids is 1. The monoisotopic (exact) mass is 237 g/mol. The van der Waals surface area contributed by atoms with Crippen LogP contribution in [-0.2, 0) is 4.79 Å². The van der Waals surface area contributed by atoms with E-state index >= 15 is 0 Å². The molecule has 0 radical (unpaired) electrons. The fourth-order valence-corrected chi connectivity index (χ4v) is 3.01. The Morgan fingerprint density at radius 3 is 3.19 bits per heavy atom. The van der Waals surface area contributed by atoms with Gasteiger partial charge in [-0.05, 0) is 25.0 Å². The smallest absolute Gasteiger partial charge is 0.303 e. The molecule has 3 nitrogen and oxygen atoms in total. The molecular weight excluding hydrogens is 222 g/mol. The molecular formula is C12H15NO2S. The van der Waals surface area contributed by atoms with Crippen LogP contribution in [0, 0.1) is 6.92 Å². The number of benzene rings is 1. The van der Waals surface area contributed by atoms with Gasteiger partial charge < -0.3 is 10.4 Å². The summed E-state index contributed by atoms with van der Waals surface area (Å²) in [7, 11) is 0. The Kier molecular flexibility index (Phi) is 3.39. The summed E-state index contributed by atoms with van der Waals surface area (Å²) in [4.78, 5) is 11.8. The second-order valence-corrected chi connectivity index (χ2v) is 5.09. The fraction of sp³-hybridized carbons (Fsp3) is 0.417. The molecule has 0 saturated carbocycles. The van der Waals surface area contributed by atoms with Gasteiger partial charge in [-0.3, -0.25) is 4.79 Å². The van der Waals surface area contributed by atoms with Crippen LogP contribution >= 0.6 is 11.8 Å². The maximum Gasteiger partial charge on any atom is 0.303 e. The third-order valence-electron chi connectivity index (χ3n) is 2.73. The Balaban J connectivity index is 2.05. The first kappa shape index (κ1) is 11.3. The van der Waals surface area contributed by atoms with Crippen LogP contribution < -0.4 is 5.32 Å². The molecule has 1 aliphatic heterocycles. The highest BCUT2D eigenvalue weighted by Gasteiger charge is 2.19. The molecule has 0 aromatic heterocycles. The largest absolute Gasteiger partial charge is 0.481 e. The summed E-state index contributed by atoms with van der Waals surface area (Å²) in [5.41, 5.74) is 2.40. The van der Waals surface area contributed by atoms with E-state index in [1.165, 1.54) is 16.1 Å². The molecule has 4 heteroatoms. The summed E-state index contributed by atoms with van der Waals surface area (Å²) in [5, 5.41) is 12.1. The van der Waals surface area contributed by atoms with Crippen LogP contribution in [0.15, 0.2) is 23.1 Å². The van der Waals surface area contributed by atoms with Crippen molar-refractivity contribution in [1.29, 1.82) is 0 Å². The highest BCUT2D eigenvalue weighted by molar-refractivity contribution is 7.99. The number of thioether (sulfide) groups is 1. The summed E-state index contributed by atoms with van der Waals surface area (Å²) in [6, 6.07) is 6.51. The third-order valence-corrected chi connectivity index (χ3v) is 3.95. The average molecular weight is 237 g/mol. The van der Waals surface area contributed by atoms with Crippen LogP contribution in [0.4, 0.5) is 5.69 Å². The quantitative estimate of drug-likeness (QED) is 0.848. The number of hydrogen-bond donors (Lipinski definition) is 2. The van der Waals surface area contributed by atoms with Crippen LogP contribution in [0.3, 0.4) is 0 Å². The number of anilines is 1. The number of rotatable bonds is 3. The topological polar surface area (TPSA) is 49.3 Å². The SMILES string of the molecule is Cc1cccc2c1NC(CCC(=O)O)CS2. The van der Waals surface area contributed by atoms with Gasteiger partial charge in [0.05, 0.1) is 5.69 Å². The molecule has 1 aromatic carbocycles. The van der Waals surface area contributed by atoms with Crippen LogP contribution in [0.5, 0.6) is 0 Å². The van der Waals surface area contributed by atoms with Crippen molar-refractivity contribution in [3.8, 4) is 0 Å². The van der Waals surface area contributed by atoms with Crippen molar-refractivity contribution in [1.82, 2.24) is 0 Å². The standard InChI is InChI=1S/C12H15NO2S/c1-8-3-2-4-10-12(8)13-9(7-16-10)5-6-11(14)15/h2-4,9,13H,5-7H2,1H3,(H,14,15). The Morgan fingerprint density at radius 1 is 1.62 bits per heavy atom. The molecule has 86 valence electrons. The maximum atomic E-state index is 10.5.